The topological polar surface area (TPSA) is 61.4 Å². The Balaban J connectivity index is 0.00000264. The highest BCUT2D eigenvalue weighted by Crippen LogP contribution is 2.09. The van der Waals surface area contributed by atoms with Gasteiger partial charge in [0, 0.05) is 36.8 Å². The van der Waals surface area contributed by atoms with Gasteiger partial charge in [-0.3, -0.25) is 9.59 Å². The summed E-state index contributed by atoms with van der Waals surface area (Å²) in [5.74, 6) is -0.0809. The van der Waals surface area contributed by atoms with Crippen LogP contribution in [0.5, 0.6) is 0 Å². The molecule has 0 aliphatic carbocycles. The SMILES string of the molecule is CCN(CC)C(=O)c1ccc(C(=O)NCC2CCCN2)cc1.Cl. The molecule has 1 fully saturated rings. The van der Waals surface area contributed by atoms with Crippen LogP contribution in [0.4, 0.5) is 0 Å². The zero-order valence-electron chi connectivity index (χ0n) is 13.8. The molecule has 23 heavy (non-hydrogen) atoms. The summed E-state index contributed by atoms with van der Waals surface area (Å²) in [5.41, 5.74) is 1.21. The van der Waals surface area contributed by atoms with Gasteiger partial charge < -0.3 is 15.5 Å². The van der Waals surface area contributed by atoms with Gasteiger partial charge in [0.15, 0.2) is 0 Å². The second kappa shape index (κ2) is 9.53. The van der Waals surface area contributed by atoms with Gasteiger partial charge in [-0.2, -0.15) is 0 Å². The Kier molecular flexibility index (Phi) is 8.06. The number of nitrogens with one attached hydrogen (secondary N) is 2. The van der Waals surface area contributed by atoms with Crippen molar-refractivity contribution >= 4 is 24.2 Å². The molecule has 2 amide bonds. The number of hydrogen-bond acceptors (Lipinski definition) is 3. The van der Waals surface area contributed by atoms with E-state index in [2.05, 4.69) is 10.6 Å². The van der Waals surface area contributed by atoms with E-state index in [1.807, 2.05) is 13.8 Å². The van der Waals surface area contributed by atoms with Crippen molar-refractivity contribution in [2.75, 3.05) is 26.2 Å². The first-order chi connectivity index (χ1) is 10.7. The van der Waals surface area contributed by atoms with Gasteiger partial charge in [0.1, 0.15) is 0 Å². The highest BCUT2D eigenvalue weighted by molar-refractivity contribution is 5.97. The van der Waals surface area contributed by atoms with Crippen LogP contribution in [-0.4, -0.2) is 48.9 Å². The summed E-state index contributed by atoms with van der Waals surface area (Å²) in [6, 6.07) is 7.27. The van der Waals surface area contributed by atoms with E-state index in [4.69, 9.17) is 0 Å². The van der Waals surface area contributed by atoms with Gasteiger partial charge in [-0.25, -0.2) is 0 Å². The van der Waals surface area contributed by atoms with Crippen LogP contribution in [0.25, 0.3) is 0 Å². The maximum absolute atomic E-state index is 12.2. The molecule has 1 aliphatic rings. The molecule has 128 valence electrons. The Morgan fingerprint density at radius 3 is 2.30 bits per heavy atom. The number of benzene rings is 1. The third-order valence-electron chi connectivity index (χ3n) is 4.12. The number of rotatable bonds is 6. The Morgan fingerprint density at radius 1 is 1.17 bits per heavy atom. The molecule has 0 aromatic heterocycles. The lowest BCUT2D eigenvalue weighted by molar-refractivity contribution is 0.0772. The predicted octanol–water partition coefficient (Wildman–Crippen LogP) is 2.07. The molecule has 2 rings (SSSR count). The number of carbonyl (C=O) groups is 2. The first-order valence-corrected chi connectivity index (χ1v) is 8.06. The fourth-order valence-electron chi connectivity index (χ4n) is 2.71. The van der Waals surface area contributed by atoms with Crippen LogP contribution in [0.1, 0.15) is 47.4 Å². The van der Waals surface area contributed by atoms with Crippen LogP contribution in [-0.2, 0) is 0 Å². The normalized spacial score (nSPS) is 16.5. The maximum Gasteiger partial charge on any atom is 0.253 e. The van der Waals surface area contributed by atoms with E-state index in [0.717, 1.165) is 13.0 Å². The summed E-state index contributed by atoms with van der Waals surface area (Å²) < 4.78 is 0. The number of halogens is 1. The average Bonchev–Trinajstić information content (AvgIpc) is 3.07. The Morgan fingerprint density at radius 2 is 1.78 bits per heavy atom. The second-order valence-corrected chi connectivity index (χ2v) is 5.56. The molecule has 0 bridgehead atoms. The van der Waals surface area contributed by atoms with Crippen LogP contribution in [0.3, 0.4) is 0 Å². The summed E-state index contributed by atoms with van der Waals surface area (Å²) in [7, 11) is 0. The first kappa shape index (κ1) is 19.5. The van der Waals surface area contributed by atoms with E-state index in [0.29, 0.717) is 36.8 Å². The fraction of sp³-hybridized carbons (Fsp3) is 0.529. The second-order valence-electron chi connectivity index (χ2n) is 5.56. The summed E-state index contributed by atoms with van der Waals surface area (Å²) in [6.45, 7) is 6.97. The lowest BCUT2D eigenvalue weighted by Gasteiger charge is -2.18. The molecular weight excluding hydrogens is 314 g/mol. The largest absolute Gasteiger partial charge is 0.350 e. The Hall–Kier alpha value is -1.59. The standard InChI is InChI=1S/C17H25N3O2.ClH/c1-3-20(4-2)17(22)14-9-7-13(8-10-14)16(21)19-12-15-6-5-11-18-15;/h7-10,15,18H,3-6,11-12H2,1-2H3,(H,19,21);1H. The van der Waals surface area contributed by atoms with Gasteiger partial charge in [-0.05, 0) is 57.5 Å². The molecule has 1 aromatic carbocycles. The van der Waals surface area contributed by atoms with E-state index in [9.17, 15) is 9.59 Å². The van der Waals surface area contributed by atoms with Crippen molar-refractivity contribution in [3.05, 3.63) is 35.4 Å². The Labute approximate surface area is 144 Å². The van der Waals surface area contributed by atoms with Crippen molar-refractivity contribution < 1.29 is 9.59 Å². The van der Waals surface area contributed by atoms with Crippen LogP contribution in [0.15, 0.2) is 24.3 Å². The van der Waals surface area contributed by atoms with E-state index in [-0.39, 0.29) is 24.2 Å². The van der Waals surface area contributed by atoms with Crippen LogP contribution in [0, 0.1) is 0 Å². The van der Waals surface area contributed by atoms with Crippen LogP contribution in [0.2, 0.25) is 0 Å². The summed E-state index contributed by atoms with van der Waals surface area (Å²) in [6.07, 6.45) is 2.28. The van der Waals surface area contributed by atoms with Crippen molar-refractivity contribution in [1.29, 1.82) is 0 Å². The highest BCUT2D eigenvalue weighted by atomic mass is 35.5. The van der Waals surface area contributed by atoms with Crippen LogP contribution < -0.4 is 10.6 Å². The first-order valence-electron chi connectivity index (χ1n) is 8.06. The highest BCUT2D eigenvalue weighted by Gasteiger charge is 2.16. The molecule has 0 saturated carbocycles. The number of amides is 2. The van der Waals surface area contributed by atoms with Crippen molar-refractivity contribution in [2.24, 2.45) is 0 Å². The molecule has 1 aromatic rings. The van der Waals surface area contributed by atoms with Gasteiger partial charge in [0.25, 0.3) is 11.8 Å². The van der Waals surface area contributed by atoms with Crippen LogP contribution >= 0.6 is 12.4 Å². The van der Waals surface area contributed by atoms with Gasteiger partial charge >= 0.3 is 0 Å². The molecule has 1 atom stereocenters. The van der Waals surface area contributed by atoms with Crippen molar-refractivity contribution in [2.45, 2.75) is 32.7 Å². The third kappa shape index (κ3) is 5.22. The minimum absolute atomic E-state index is 0. The van der Waals surface area contributed by atoms with Gasteiger partial charge in [0.2, 0.25) is 0 Å². The minimum atomic E-state index is -0.0875. The van der Waals surface area contributed by atoms with Crippen molar-refractivity contribution in [3.8, 4) is 0 Å². The predicted molar refractivity (Wildman–Crippen MR) is 94.3 cm³/mol. The number of nitrogens with zero attached hydrogens (tertiary/aromatic N) is 1. The number of carbonyl (C=O) groups excluding carboxylic acids is 2. The average molecular weight is 340 g/mol. The van der Waals surface area contributed by atoms with Gasteiger partial charge in [0.05, 0.1) is 0 Å². The lowest BCUT2D eigenvalue weighted by atomic mass is 10.1. The van der Waals surface area contributed by atoms with Gasteiger partial charge in [-0.1, -0.05) is 0 Å². The van der Waals surface area contributed by atoms with Gasteiger partial charge in [-0.15, -0.1) is 12.4 Å². The molecule has 1 heterocycles. The molecule has 1 unspecified atom stereocenters. The third-order valence-corrected chi connectivity index (χ3v) is 4.12. The van der Waals surface area contributed by atoms with E-state index in [1.54, 1.807) is 29.2 Å². The minimum Gasteiger partial charge on any atom is -0.350 e. The summed E-state index contributed by atoms with van der Waals surface area (Å²) >= 11 is 0. The molecule has 2 N–H and O–H groups in total. The van der Waals surface area contributed by atoms with E-state index < -0.39 is 0 Å². The molecule has 0 spiro atoms. The zero-order chi connectivity index (χ0) is 15.9. The van der Waals surface area contributed by atoms with Crippen molar-refractivity contribution in [3.63, 3.8) is 0 Å². The molecule has 1 aliphatic heterocycles. The lowest BCUT2D eigenvalue weighted by Crippen LogP contribution is -2.37. The van der Waals surface area contributed by atoms with E-state index >= 15 is 0 Å². The molecule has 0 radical (unpaired) electrons. The molecule has 6 heteroatoms. The zero-order valence-corrected chi connectivity index (χ0v) is 14.6. The molecule has 5 nitrogen and oxygen atoms in total. The molecule has 1 saturated heterocycles. The summed E-state index contributed by atoms with van der Waals surface area (Å²) in [5, 5.41) is 6.29. The maximum atomic E-state index is 12.2. The molecular formula is C17H26ClN3O2. The van der Waals surface area contributed by atoms with Crippen molar-refractivity contribution in [1.82, 2.24) is 15.5 Å². The number of hydrogen-bond donors (Lipinski definition) is 2. The Bertz CT molecular complexity index is 509. The quantitative estimate of drug-likeness (QED) is 0.834. The fourth-order valence-corrected chi connectivity index (χ4v) is 2.71. The monoisotopic (exact) mass is 339 g/mol. The smallest absolute Gasteiger partial charge is 0.253 e. The van der Waals surface area contributed by atoms with E-state index in [1.165, 1.54) is 6.42 Å². The summed E-state index contributed by atoms with van der Waals surface area (Å²) in [4.78, 5) is 26.1.